The fraction of sp³-hybridized carbons (Fsp3) is 0.533. The lowest BCUT2D eigenvalue weighted by molar-refractivity contribution is -0.121. The van der Waals surface area contributed by atoms with Gasteiger partial charge in [0.25, 0.3) is 0 Å². The number of carbonyl (C=O) groups is 1. The van der Waals surface area contributed by atoms with Crippen molar-refractivity contribution in [2.45, 2.75) is 32.1 Å². The van der Waals surface area contributed by atoms with E-state index in [1.165, 1.54) is 5.56 Å². The lowest BCUT2D eigenvalue weighted by Gasteiger charge is -2.14. The highest BCUT2D eigenvalue weighted by Gasteiger charge is 2.41. The van der Waals surface area contributed by atoms with E-state index in [2.05, 4.69) is 5.32 Å². The van der Waals surface area contributed by atoms with Crippen molar-refractivity contribution in [3.05, 3.63) is 35.9 Å². The zero-order valence-corrected chi connectivity index (χ0v) is 10.7. The Kier molecular flexibility index (Phi) is 4.37. The molecule has 0 spiro atoms. The van der Waals surface area contributed by atoms with Crippen LogP contribution in [0.15, 0.2) is 30.3 Å². The Balaban J connectivity index is 1.67. The fourth-order valence-electron chi connectivity index (χ4n) is 2.21. The van der Waals surface area contributed by atoms with Gasteiger partial charge in [-0.25, -0.2) is 0 Å². The number of hydrogen-bond acceptors (Lipinski definition) is 2. The molecule has 0 atom stereocenters. The van der Waals surface area contributed by atoms with Crippen LogP contribution < -0.4 is 5.32 Å². The normalized spacial score (nSPS) is 16.3. The first-order valence-electron chi connectivity index (χ1n) is 6.66. The van der Waals surface area contributed by atoms with Gasteiger partial charge in [-0.05, 0) is 36.7 Å². The van der Waals surface area contributed by atoms with Gasteiger partial charge < -0.3 is 10.4 Å². The highest BCUT2D eigenvalue weighted by Crippen LogP contribution is 2.47. The first-order chi connectivity index (χ1) is 8.74. The summed E-state index contributed by atoms with van der Waals surface area (Å²) in [4.78, 5) is 11.7. The smallest absolute Gasteiger partial charge is 0.220 e. The van der Waals surface area contributed by atoms with Gasteiger partial charge in [0, 0.05) is 19.6 Å². The minimum absolute atomic E-state index is 0.114. The summed E-state index contributed by atoms with van der Waals surface area (Å²) in [5.41, 5.74) is 1.40. The summed E-state index contributed by atoms with van der Waals surface area (Å²) in [6.45, 7) is 0.946. The molecule has 0 radical (unpaired) electrons. The second kappa shape index (κ2) is 6.01. The molecule has 0 heterocycles. The van der Waals surface area contributed by atoms with Crippen molar-refractivity contribution in [1.82, 2.24) is 5.32 Å². The molecule has 0 saturated heterocycles. The third kappa shape index (κ3) is 3.84. The topological polar surface area (TPSA) is 49.3 Å². The number of nitrogens with one attached hydrogen (secondary N) is 1. The van der Waals surface area contributed by atoms with Gasteiger partial charge in [0.05, 0.1) is 0 Å². The van der Waals surface area contributed by atoms with Gasteiger partial charge in [-0.15, -0.1) is 0 Å². The monoisotopic (exact) mass is 247 g/mol. The number of amides is 1. The fourth-order valence-corrected chi connectivity index (χ4v) is 2.21. The van der Waals surface area contributed by atoms with Gasteiger partial charge in [-0.2, -0.15) is 0 Å². The maximum atomic E-state index is 11.7. The van der Waals surface area contributed by atoms with Gasteiger partial charge in [-0.1, -0.05) is 30.3 Å². The number of benzene rings is 1. The zero-order chi connectivity index (χ0) is 12.8. The Morgan fingerprint density at radius 3 is 2.61 bits per heavy atom. The van der Waals surface area contributed by atoms with Crippen LogP contribution in [-0.4, -0.2) is 24.2 Å². The summed E-state index contributed by atoms with van der Waals surface area (Å²) in [6, 6.07) is 10.1. The zero-order valence-electron chi connectivity index (χ0n) is 10.7. The number of rotatable bonds is 7. The van der Waals surface area contributed by atoms with E-state index >= 15 is 0 Å². The SMILES string of the molecule is O=C(CCc1ccccc1)NCC1(CCO)CC1. The van der Waals surface area contributed by atoms with Crippen LogP contribution >= 0.6 is 0 Å². The van der Waals surface area contributed by atoms with Gasteiger partial charge >= 0.3 is 0 Å². The molecule has 1 aromatic rings. The molecule has 1 aromatic carbocycles. The van der Waals surface area contributed by atoms with Crippen molar-refractivity contribution < 1.29 is 9.90 Å². The molecule has 3 heteroatoms. The number of aryl methyl sites for hydroxylation is 1. The maximum Gasteiger partial charge on any atom is 0.220 e. The van der Waals surface area contributed by atoms with Crippen molar-refractivity contribution in [3.8, 4) is 0 Å². The Labute approximate surface area is 108 Å². The van der Waals surface area contributed by atoms with Gasteiger partial charge in [0.2, 0.25) is 5.91 Å². The Hall–Kier alpha value is -1.35. The summed E-state index contributed by atoms with van der Waals surface area (Å²) in [5.74, 6) is 0.114. The Morgan fingerprint density at radius 2 is 2.00 bits per heavy atom. The van der Waals surface area contributed by atoms with Gasteiger partial charge in [0.1, 0.15) is 0 Å². The molecule has 3 nitrogen and oxygen atoms in total. The molecule has 1 amide bonds. The van der Waals surface area contributed by atoms with Gasteiger partial charge in [0.15, 0.2) is 0 Å². The van der Waals surface area contributed by atoms with Crippen LogP contribution in [0.5, 0.6) is 0 Å². The molecule has 2 rings (SSSR count). The molecule has 2 N–H and O–H groups in total. The van der Waals surface area contributed by atoms with E-state index in [9.17, 15) is 4.79 Å². The maximum absolute atomic E-state index is 11.7. The molecular formula is C15H21NO2. The summed E-state index contributed by atoms with van der Waals surface area (Å²) >= 11 is 0. The highest BCUT2D eigenvalue weighted by molar-refractivity contribution is 5.76. The molecule has 0 aliphatic heterocycles. The number of aliphatic hydroxyl groups excluding tert-OH is 1. The summed E-state index contributed by atoms with van der Waals surface area (Å²) in [6.07, 6.45) is 4.41. The van der Waals surface area contributed by atoms with E-state index in [1.54, 1.807) is 0 Å². The summed E-state index contributed by atoms with van der Waals surface area (Å²) in [5, 5.41) is 11.9. The average Bonchev–Trinajstić information content (AvgIpc) is 3.16. The molecule has 0 aromatic heterocycles. The third-order valence-corrected chi connectivity index (χ3v) is 3.74. The van der Waals surface area contributed by atoms with Crippen molar-refractivity contribution >= 4 is 5.91 Å². The van der Waals surface area contributed by atoms with E-state index in [-0.39, 0.29) is 17.9 Å². The molecular weight excluding hydrogens is 226 g/mol. The van der Waals surface area contributed by atoms with Crippen LogP contribution in [0, 0.1) is 5.41 Å². The first kappa shape index (κ1) is 13.1. The third-order valence-electron chi connectivity index (χ3n) is 3.74. The molecule has 1 saturated carbocycles. The van der Waals surface area contributed by atoms with E-state index in [0.717, 1.165) is 32.2 Å². The van der Waals surface area contributed by atoms with Crippen molar-refractivity contribution in [1.29, 1.82) is 0 Å². The largest absolute Gasteiger partial charge is 0.396 e. The van der Waals surface area contributed by atoms with Crippen molar-refractivity contribution in [2.75, 3.05) is 13.2 Å². The second-order valence-electron chi connectivity index (χ2n) is 5.24. The first-order valence-corrected chi connectivity index (χ1v) is 6.66. The summed E-state index contributed by atoms with van der Waals surface area (Å²) in [7, 11) is 0. The van der Waals surface area contributed by atoms with Crippen LogP contribution in [0.2, 0.25) is 0 Å². The van der Waals surface area contributed by atoms with E-state index < -0.39 is 0 Å². The molecule has 1 fully saturated rings. The van der Waals surface area contributed by atoms with E-state index in [0.29, 0.717) is 6.42 Å². The van der Waals surface area contributed by atoms with Crippen LogP contribution in [-0.2, 0) is 11.2 Å². The highest BCUT2D eigenvalue weighted by atomic mass is 16.3. The van der Waals surface area contributed by atoms with Gasteiger partial charge in [-0.3, -0.25) is 4.79 Å². The predicted octanol–water partition coefficient (Wildman–Crippen LogP) is 1.90. The van der Waals surface area contributed by atoms with Crippen LogP contribution in [0.4, 0.5) is 0 Å². The quantitative estimate of drug-likeness (QED) is 0.773. The second-order valence-corrected chi connectivity index (χ2v) is 5.24. The molecule has 98 valence electrons. The van der Waals surface area contributed by atoms with Crippen LogP contribution in [0.3, 0.4) is 0 Å². The van der Waals surface area contributed by atoms with Crippen LogP contribution in [0.25, 0.3) is 0 Å². The van der Waals surface area contributed by atoms with Crippen molar-refractivity contribution in [2.24, 2.45) is 5.41 Å². The number of carbonyl (C=O) groups excluding carboxylic acids is 1. The Morgan fingerprint density at radius 1 is 1.28 bits per heavy atom. The Bertz CT molecular complexity index is 385. The minimum atomic E-state index is 0.114. The summed E-state index contributed by atoms with van der Waals surface area (Å²) < 4.78 is 0. The molecule has 0 bridgehead atoms. The van der Waals surface area contributed by atoms with Crippen LogP contribution in [0.1, 0.15) is 31.2 Å². The molecule has 1 aliphatic rings. The van der Waals surface area contributed by atoms with E-state index in [4.69, 9.17) is 5.11 Å². The standard InChI is InChI=1S/C15H21NO2/c17-11-10-15(8-9-15)12-16-14(18)7-6-13-4-2-1-3-5-13/h1-5,17H,6-12H2,(H,16,18). The predicted molar refractivity (Wildman–Crippen MR) is 71.1 cm³/mol. The molecule has 1 aliphatic carbocycles. The average molecular weight is 247 g/mol. The lowest BCUT2D eigenvalue weighted by atomic mass is 10.0. The number of aliphatic hydroxyl groups is 1. The molecule has 18 heavy (non-hydrogen) atoms. The molecule has 0 unspecified atom stereocenters. The minimum Gasteiger partial charge on any atom is -0.396 e. The van der Waals surface area contributed by atoms with E-state index in [1.807, 2.05) is 30.3 Å². The lowest BCUT2D eigenvalue weighted by Crippen LogP contribution is -2.30. The number of hydrogen-bond donors (Lipinski definition) is 2. The van der Waals surface area contributed by atoms with Crippen molar-refractivity contribution in [3.63, 3.8) is 0 Å².